The van der Waals surface area contributed by atoms with Gasteiger partial charge in [0.15, 0.2) is 12.7 Å². The average Bonchev–Trinajstić information content (AvgIpc) is 2.71. The fourth-order valence-corrected chi connectivity index (χ4v) is 2.47. The first-order valence-electron chi connectivity index (χ1n) is 4.59. The van der Waals surface area contributed by atoms with Crippen LogP contribution in [0.4, 0.5) is 0 Å². The highest BCUT2D eigenvalue weighted by Gasteiger charge is 2.03. The molecule has 0 N–H and O–H groups in total. The number of thiazole rings is 1. The van der Waals surface area contributed by atoms with Crippen LogP contribution < -0.4 is 4.57 Å². The molecule has 0 saturated heterocycles. The van der Waals surface area contributed by atoms with Crippen molar-refractivity contribution in [3.05, 3.63) is 46.9 Å². The van der Waals surface area contributed by atoms with Crippen LogP contribution in [0.15, 0.2) is 46.2 Å². The van der Waals surface area contributed by atoms with Crippen molar-refractivity contribution in [1.82, 2.24) is 0 Å². The number of nitrogens with zero attached hydrogens (tertiary/aromatic N) is 1. The molecule has 0 spiro atoms. The Morgan fingerprint density at radius 1 is 1.33 bits per heavy atom. The molecule has 0 aliphatic rings. The first-order chi connectivity index (χ1) is 7.25. The van der Waals surface area contributed by atoms with Gasteiger partial charge >= 0.3 is 0 Å². The molecule has 2 nitrogen and oxygen atoms in total. The summed E-state index contributed by atoms with van der Waals surface area (Å²) < 4.78 is 13.3. The Kier molecular flexibility index (Phi) is 3.28. The molecule has 0 aliphatic heterocycles. The minimum atomic E-state index is -0.881. The average molecular weight is 238 g/mol. The summed E-state index contributed by atoms with van der Waals surface area (Å²) in [6.07, 6.45) is 3.75. The van der Waals surface area contributed by atoms with Gasteiger partial charge < -0.3 is 0 Å². The molecule has 0 radical (unpaired) electrons. The van der Waals surface area contributed by atoms with E-state index in [2.05, 4.69) is 21.7 Å². The van der Waals surface area contributed by atoms with E-state index in [1.165, 1.54) is 5.56 Å². The molecule has 2 aromatic rings. The maximum absolute atomic E-state index is 11.2. The zero-order chi connectivity index (χ0) is 10.7. The van der Waals surface area contributed by atoms with Crippen molar-refractivity contribution in [3.63, 3.8) is 0 Å². The van der Waals surface area contributed by atoms with Crippen LogP contribution in [0.25, 0.3) is 0 Å². The largest absolute Gasteiger partial charge is 0.255 e. The number of aromatic nitrogens is 1. The Hall–Kier alpha value is -1.00. The Labute approximate surface area is 95.7 Å². The molecule has 2 rings (SSSR count). The lowest BCUT2D eigenvalue weighted by Gasteiger charge is -1.98. The molecule has 0 aliphatic carbocycles. The van der Waals surface area contributed by atoms with E-state index in [1.54, 1.807) is 17.6 Å². The van der Waals surface area contributed by atoms with Gasteiger partial charge in [0.2, 0.25) is 5.51 Å². The molecule has 1 atom stereocenters. The zero-order valence-electron chi connectivity index (χ0n) is 8.42. The van der Waals surface area contributed by atoms with Crippen LogP contribution in [-0.2, 0) is 17.3 Å². The van der Waals surface area contributed by atoms with E-state index in [-0.39, 0.29) is 0 Å². The lowest BCUT2D eigenvalue weighted by atomic mass is 10.2. The van der Waals surface area contributed by atoms with Gasteiger partial charge in [-0.15, -0.1) is 0 Å². The van der Waals surface area contributed by atoms with Crippen LogP contribution in [0.2, 0.25) is 0 Å². The molecular formula is C11H12NOS2+. The second kappa shape index (κ2) is 4.68. The van der Waals surface area contributed by atoms with Gasteiger partial charge in [-0.2, -0.15) is 4.57 Å². The first-order valence-corrected chi connectivity index (χ1v) is 7.09. The number of hydrogen-bond donors (Lipinski definition) is 0. The molecule has 1 unspecified atom stereocenters. The van der Waals surface area contributed by atoms with Gasteiger partial charge in [0.25, 0.3) is 0 Å². The quantitative estimate of drug-likeness (QED) is 0.747. The summed E-state index contributed by atoms with van der Waals surface area (Å²) in [5, 5.41) is 2.05. The third kappa shape index (κ3) is 2.73. The molecular weight excluding hydrogens is 226 g/mol. The number of benzene rings is 1. The van der Waals surface area contributed by atoms with E-state index in [9.17, 15) is 4.21 Å². The van der Waals surface area contributed by atoms with Gasteiger partial charge in [0, 0.05) is 27.5 Å². The van der Waals surface area contributed by atoms with E-state index >= 15 is 0 Å². The van der Waals surface area contributed by atoms with Crippen LogP contribution in [0.3, 0.4) is 0 Å². The molecule has 0 bridgehead atoms. The van der Waals surface area contributed by atoms with Gasteiger partial charge in [-0.05, 0) is 12.1 Å². The van der Waals surface area contributed by atoms with Crippen LogP contribution in [0.5, 0.6) is 0 Å². The second-order valence-corrected chi connectivity index (χ2v) is 5.43. The Balaban J connectivity index is 2.14. The van der Waals surface area contributed by atoms with Crippen LogP contribution in [-0.4, -0.2) is 10.5 Å². The predicted octanol–water partition coefficient (Wildman–Crippen LogP) is 1.82. The van der Waals surface area contributed by atoms with Crippen LogP contribution in [0.1, 0.15) is 5.56 Å². The summed E-state index contributed by atoms with van der Waals surface area (Å²) in [5.41, 5.74) is 3.30. The molecule has 78 valence electrons. The third-order valence-corrected chi connectivity index (χ3v) is 3.75. The van der Waals surface area contributed by atoms with Crippen molar-refractivity contribution in [3.8, 4) is 0 Å². The highest BCUT2D eigenvalue weighted by Crippen LogP contribution is 2.07. The highest BCUT2D eigenvalue weighted by atomic mass is 32.2. The Bertz CT molecular complexity index is 448. The van der Waals surface area contributed by atoms with E-state index in [1.807, 2.05) is 24.3 Å². The Morgan fingerprint density at radius 2 is 2.07 bits per heavy atom. The van der Waals surface area contributed by atoms with Crippen molar-refractivity contribution in [2.45, 2.75) is 11.4 Å². The number of rotatable bonds is 3. The van der Waals surface area contributed by atoms with Gasteiger partial charge in [-0.3, -0.25) is 4.21 Å². The lowest BCUT2D eigenvalue weighted by molar-refractivity contribution is -0.683. The van der Waals surface area contributed by atoms with Gasteiger partial charge in [-0.1, -0.05) is 23.5 Å². The maximum Gasteiger partial charge on any atom is 0.224 e. The van der Waals surface area contributed by atoms with E-state index in [4.69, 9.17) is 0 Å². The van der Waals surface area contributed by atoms with Gasteiger partial charge in [0.1, 0.15) is 0 Å². The van der Waals surface area contributed by atoms with Crippen molar-refractivity contribution >= 4 is 22.1 Å². The summed E-state index contributed by atoms with van der Waals surface area (Å²) in [4.78, 5) is 0.883. The van der Waals surface area contributed by atoms with Crippen LogP contribution >= 0.6 is 11.3 Å². The summed E-state index contributed by atoms with van der Waals surface area (Å²) in [6, 6.07) is 7.92. The minimum absolute atomic E-state index is 0.875. The van der Waals surface area contributed by atoms with Gasteiger partial charge in [0.05, 0.1) is 5.38 Å². The fraction of sp³-hybridized carbons (Fsp3) is 0.182. The van der Waals surface area contributed by atoms with E-state index < -0.39 is 10.8 Å². The van der Waals surface area contributed by atoms with Crippen molar-refractivity contribution < 1.29 is 8.78 Å². The van der Waals surface area contributed by atoms with Gasteiger partial charge in [-0.25, -0.2) is 0 Å². The molecule has 0 amide bonds. The summed E-state index contributed by atoms with van der Waals surface area (Å²) in [5.74, 6) is 0. The van der Waals surface area contributed by atoms with E-state index in [0.29, 0.717) is 0 Å². The molecule has 0 fully saturated rings. The second-order valence-electron chi connectivity index (χ2n) is 3.30. The minimum Gasteiger partial charge on any atom is -0.255 e. The normalized spacial score (nSPS) is 12.6. The van der Waals surface area contributed by atoms with Crippen LogP contribution in [0, 0.1) is 0 Å². The predicted molar refractivity (Wildman–Crippen MR) is 62.4 cm³/mol. The standard InChI is InChI=1S/C11H12NOS2/c1-15(13)11-4-2-10(3-5-11)8-12-6-7-14-9-12/h2-7,9H,8H2,1H3/q+1. The topological polar surface area (TPSA) is 20.9 Å². The fourth-order valence-electron chi connectivity index (χ4n) is 1.35. The molecule has 0 saturated carbocycles. The SMILES string of the molecule is CS(=O)c1ccc(C[n+]2ccsc2)cc1. The van der Waals surface area contributed by atoms with E-state index in [0.717, 1.165) is 11.4 Å². The monoisotopic (exact) mass is 238 g/mol. The maximum atomic E-state index is 11.2. The smallest absolute Gasteiger partial charge is 0.224 e. The molecule has 1 heterocycles. The summed E-state index contributed by atoms with van der Waals surface area (Å²) in [7, 11) is -0.881. The van der Waals surface area contributed by atoms with Crippen molar-refractivity contribution in [2.75, 3.05) is 6.26 Å². The summed E-state index contributed by atoms with van der Waals surface area (Å²) in [6.45, 7) is 0.875. The van der Waals surface area contributed by atoms with Crippen molar-refractivity contribution in [2.24, 2.45) is 0 Å². The molecule has 15 heavy (non-hydrogen) atoms. The summed E-state index contributed by atoms with van der Waals surface area (Å²) >= 11 is 1.68. The lowest BCUT2D eigenvalue weighted by Crippen LogP contribution is -2.30. The van der Waals surface area contributed by atoms with Crippen molar-refractivity contribution in [1.29, 1.82) is 0 Å². The molecule has 4 heteroatoms. The molecule has 1 aromatic carbocycles. The first kappa shape index (κ1) is 10.5. The molecule has 1 aromatic heterocycles. The zero-order valence-corrected chi connectivity index (χ0v) is 10.1. The highest BCUT2D eigenvalue weighted by molar-refractivity contribution is 7.84. The Morgan fingerprint density at radius 3 is 2.60 bits per heavy atom. The third-order valence-electron chi connectivity index (χ3n) is 2.15. The number of hydrogen-bond acceptors (Lipinski definition) is 2.